The minimum absolute atomic E-state index is 0.0757. The van der Waals surface area contributed by atoms with Gasteiger partial charge in [0, 0.05) is 13.2 Å². The van der Waals surface area contributed by atoms with Crippen molar-refractivity contribution >= 4 is 11.9 Å². The molecule has 0 radical (unpaired) electrons. The first-order valence-electron chi connectivity index (χ1n) is 8.78. The average molecular weight is 333 g/mol. The van der Waals surface area contributed by atoms with Crippen molar-refractivity contribution in [2.45, 2.75) is 57.5 Å². The molecule has 132 valence electrons. The van der Waals surface area contributed by atoms with E-state index in [4.69, 9.17) is 4.74 Å². The third-order valence-electron chi connectivity index (χ3n) is 4.58. The molecular weight excluding hydrogens is 306 g/mol. The van der Waals surface area contributed by atoms with E-state index in [1.54, 1.807) is 18.2 Å². The molecule has 0 unspecified atom stereocenters. The summed E-state index contributed by atoms with van der Waals surface area (Å²) in [4.78, 5) is 23.5. The summed E-state index contributed by atoms with van der Waals surface area (Å²) in [5, 5.41) is 12.2. The molecule has 1 amide bonds. The molecule has 0 saturated heterocycles. The molecule has 0 bridgehead atoms. The largest absolute Gasteiger partial charge is 0.478 e. The highest BCUT2D eigenvalue weighted by Gasteiger charge is 2.33. The zero-order valence-corrected chi connectivity index (χ0v) is 14.3. The van der Waals surface area contributed by atoms with Gasteiger partial charge in [-0.15, -0.1) is 0 Å². The number of hydrogen-bond acceptors (Lipinski definition) is 3. The first kappa shape index (κ1) is 18.5. The molecule has 5 heteroatoms. The molecule has 5 nitrogen and oxygen atoms in total. The number of carbonyl (C=O) groups is 2. The maximum atomic E-state index is 12.3. The molecule has 1 saturated carbocycles. The zero-order valence-electron chi connectivity index (χ0n) is 14.3. The van der Waals surface area contributed by atoms with Gasteiger partial charge >= 0.3 is 5.97 Å². The molecule has 1 aromatic carbocycles. The summed E-state index contributed by atoms with van der Waals surface area (Å²) in [6.45, 7) is 3.29. The van der Waals surface area contributed by atoms with E-state index in [2.05, 4.69) is 12.2 Å². The lowest BCUT2D eigenvalue weighted by molar-refractivity contribution is -0.123. The quantitative estimate of drug-likeness (QED) is 0.766. The second-order valence-electron chi connectivity index (χ2n) is 6.51. The van der Waals surface area contributed by atoms with Crippen LogP contribution in [0.5, 0.6) is 0 Å². The lowest BCUT2D eigenvalue weighted by atomic mass is 9.84. The summed E-state index contributed by atoms with van der Waals surface area (Å²) >= 11 is 0. The highest BCUT2D eigenvalue weighted by molar-refractivity contribution is 5.91. The van der Waals surface area contributed by atoms with E-state index in [1.165, 1.54) is 12.5 Å². The fourth-order valence-electron chi connectivity index (χ4n) is 3.27. The first-order valence-corrected chi connectivity index (χ1v) is 8.78. The Kier molecular flexibility index (Phi) is 6.79. The van der Waals surface area contributed by atoms with Crippen LogP contribution >= 0.6 is 0 Å². The average Bonchev–Trinajstić information content (AvgIpc) is 2.59. The summed E-state index contributed by atoms with van der Waals surface area (Å²) in [5.41, 5.74) is 0.466. The Morgan fingerprint density at radius 3 is 2.58 bits per heavy atom. The van der Waals surface area contributed by atoms with Gasteiger partial charge in [-0.3, -0.25) is 4.79 Å². The monoisotopic (exact) mass is 333 g/mol. The standard InChI is InChI=1S/C19H27NO4/c1-2-12-24-19(10-6-3-7-11-19)14-20-17(21)13-15-8-4-5-9-16(15)18(22)23/h4-5,8-9H,2-3,6-7,10-14H2,1H3,(H,20,21)(H,22,23). The van der Waals surface area contributed by atoms with Crippen LogP contribution in [-0.4, -0.2) is 35.7 Å². The maximum Gasteiger partial charge on any atom is 0.335 e. The number of hydrogen-bond donors (Lipinski definition) is 2. The molecule has 1 aromatic rings. The van der Waals surface area contributed by atoms with Crippen LogP contribution in [0.1, 0.15) is 61.4 Å². The van der Waals surface area contributed by atoms with Gasteiger partial charge in [0.15, 0.2) is 0 Å². The number of aromatic carboxylic acids is 1. The smallest absolute Gasteiger partial charge is 0.335 e. The van der Waals surface area contributed by atoms with Crippen LogP contribution < -0.4 is 5.32 Å². The molecule has 2 rings (SSSR count). The molecular formula is C19H27NO4. The van der Waals surface area contributed by atoms with Crippen LogP contribution in [0.4, 0.5) is 0 Å². The van der Waals surface area contributed by atoms with Gasteiger partial charge in [-0.1, -0.05) is 44.4 Å². The van der Waals surface area contributed by atoms with E-state index in [-0.39, 0.29) is 23.5 Å². The molecule has 24 heavy (non-hydrogen) atoms. The Morgan fingerprint density at radius 2 is 1.92 bits per heavy atom. The lowest BCUT2D eigenvalue weighted by Crippen LogP contribution is -2.47. The van der Waals surface area contributed by atoms with E-state index in [9.17, 15) is 14.7 Å². The van der Waals surface area contributed by atoms with Crippen molar-refractivity contribution in [1.82, 2.24) is 5.32 Å². The second kappa shape index (κ2) is 8.83. The van der Waals surface area contributed by atoms with Crippen molar-refractivity contribution < 1.29 is 19.4 Å². The molecule has 0 spiro atoms. The zero-order chi connectivity index (χ0) is 17.4. The predicted molar refractivity (Wildman–Crippen MR) is 92.2 cm³/mol. The number of amides is 1. The van der Waals surface area contributed by atoms with Gasteiger partial charge in [0.1, 0.15) is 0 Å². The minimum Gasteiger partial charge on any atom is -0.478 e. The van der Waals surface area contributed by atoms with Crippen molar-refractivity contribution in [1.29, 1.82) is 0 Å². The van der Waals surface area contributed by atoms with Crippen molar-refractivity contribution in [3.05, 3.63) is 35.4 Å². The number of ether oxygens (including phenoxy) is 1. The van der Waals surface area contributed by atoms with Gasteiger partial charge in [0.05, 0.1) is 17.6 Å². The highest BCUT2D eigenvalue weighted by atomic mass is 16.5. The van der Waals surface area contributed by atoms with E-state index < -0.39 is 5.97 Å². The van der Waals surface area contributed by atoms with Gasteiger partial charge in [-0.05, 0) is 30.9 Å². The predicted octanol–water partition coefficient (Wildman–Crippen LogP) is 3.17. The summed E-state index contributed by atoms with van der Waals surface area (Å²) in [5.74, 6) is -1.16. The SMILES string of the molecule is CCCOC1(CNC(=O)Cc2ccccc2C(=O)O)CCCCC1. The molecule has 1 aliphatic carbocycles. The van der Waals surface area contributed by atoms with Gasteiger partial charge in [0.25, 0.3) is 0 Å². The molecule has 0 aliphatic heterocycles. The van der Waals surface area contributed by atoms with Gasteiger partial charge in [-0.25, -0.2) is 4.79 Å². The Bertz CT molecular complexity index is 564. The molecule has 1 fully saturated rings. The minimum atomic E-state index is -1.01. The first-order chi connectivity index (χ1) is 11.6. The van der Waals surface area contributed by atoms with Crippen molar-refractivity contribution in [2.75, 3.05) is 13.2 Å². The van der Waals surface area contributed by atoms with Crippen LogP contribution in [-0.2, 0) is 16.0 Å². The molecule has 0 atom stereocenters. The summed E-state index contributed by atoms with van der Waals surface area (Å²) in [6.07, 6.45) is 6.45. The van der Waals surface area contributed by atoms with E-state index in [0.29, 0.717) is 18.7 Å². The number of carboxylic acid groups (broad SMARTS) is 1. The van der Waals surface area contributed by atoms with Crippen molar-refractivity contribution in [3.63, 3.8) is 0 Å². The summed E-state index contributed by atoms with van der Waals surface area (Å²) < 4.78 is 6.07. The molecule has 0 aromatic heterocycles. The third kappa shape index (κ3) is 5.06. The van der Waals surface area contributed by atoms with E-state index >= 15 is 0 Å². The molecule has 0 heterocycles. The number of carboxylic acids is 1. The van der Waals surface area contributed by atoms with Crippen LogP contribution in [0.25, 0.3) is 0 Å². The van der Waals surface area contributed by atoms with Gasteiger partial charge < -0.3 is 15.2 Å². The second-order valence-corrected chi connectivity index (χ2v) is 6.51. The normalized spacial score (nSPS) is 16.5. The number of benzene rings is 1. The lowest BCUT2D eigenvalue weighted by Gasteiger charge is -2.37. The highest BCUT2D eigenvalue weighted by Crippen LogP contribution is 2.31. The Hall–Kier alpha value is -1.88. The summed E-state index contributed by atoms with van der Waals surface area (Å²) in [6, 6.07) is 6.63. The van der Waals surface area contributed by atoms with E-state index in [0.717, 1.165) is 32.1 Å². The van der Waals surface area contributed by atoms with Crippen molar-refractivity contribution in [2.24, 2.45) is 0 Å². The fraction of sp³-hybridized carbons (Fsp3) is 0.579. The Balaban J connectivity index is 1.95. The van der Waals surface area contributed by atoms with E-state index in [1.807, 2.05) is 0 Å². The van der Waals surface area contributed by atoms with Crippen LogP contribution in [0.15, 0.2) is 24.3 Å². The van der Waals surface area contributed by atoms with Crippen LogP contribution in [0.3, 0.4) is 0 Å². The fourth-order valence-corrected chi connectivity index (χ4v) is 3.27. The topological polar surface area (TPSA) is 75.6 Å². The number of carbonyl (C=O) groups excluding carboxylic acids is 1. The maximum absolute atomic E-state index is 12.3. The van der Waals surface area contributed by atoms with Gasteiger partial charge in [-0.2, -0.15) is 0 Å². The molecule has 1 aliphatic rings. The van der Waals surface area contributed by atoms with Gasteiger partial charge in [0.2, 0.25) is 5.91 Å². The third-order valence-corrected chi connectivity index (χ3v) is 4.58. The Labute approximate surface area is 143 Å². The number of nitrogens with one attached hydrogen (secondary N) is 1. The Morgan fingerprint density at radius 1 is 1.21 bits per heavy atom. The molecule has 2 N–H and O–H groups in total. The number of rotatable bonds is 8. The van der Waals surface area contributed by atoms with Crippen LogP contribution in [0, 0.1) is 0 Å². The summed E-state index contributed by atoms with van der Waals surface area (Å²) in [7, 11) is 0. The van der Waals surface area contributed by atoms with Crippen molar-refractivity contribution in [3.8, 4) is 0 Å². The van der Waals surface area contributed by atoms with Crippen LogP contribution in [0.2, 0.25) is 0 Å².